The second-order valence-electron chi connectivity index (χ2n) is 5.13. The average molecular weight is 284 g/mol. The summed E-state index contributed by atoms with van der Waals surface area (Å²) in [6.45, 7) is 2.69. The molecule has 0 aliphatic heterocycles. The molecule has 0 fully saturated rings. The van der Waals surface area contributed by atoms with Crippen molar-refractivity contribution in [2.75, 3.05) is 12.3 Å². The Hall–Kier alpha value is -2.49. The number of amides is 1. The maximum Gasteiger partial charge on any atom is 0.253 e. The topological polar surface area (TPSA) is 75.3 Å². The molecule has 0 bridgehead atoms. The zero-order valence-electron chi connectivity index (χ0n) is 12.0. The van der Waals surface area contributed by atoms with E-state index in [0.29, 0.717) is 23.7 Å². The summed E-state index contributed by atoms with van der Waals surface area (Å²) in [6.07, 6.45) is 0.842. The van der Waals surface area contributed by atoms with Gasteiger partial charge in [0.1, 0.15) is 5.75 Å². The number of carbonyl (C=O) groups is 1. The highest BCUT2D eigenvalue weighted by atomic mass is 16.3. The highest BCUT2D eigenvalue weighted by Gasteiger charge is 2.11. The molecule has 2 rings (SSSR count). The number of nitrogen functional groups attached to an aromatic ring is 1. The normalized spacial score (nSPS) is 11.9. The second kappa shape index (κ2) is 6.79. The molecule has 4 heteroatoms. The lowest BCUT2D eigenvalue weighted by molar-refractivity contribution is 0.0953. The zero-order chi connectivity index (χ0) is 15.2. The van der Waals surface area contributed by atoms with Crippen LogP contribution in [0.3, 0.4) is 0 Å². The third-order valence-electron chi connectivity index (χ3n) is 3.51. The summed E-state index contributed by atoms with van der Waals surface area (Å²) < 4.78 is 0. The number of nitrogens with two attached hydrogens (primary N) is 1. The molecule has 0 aliphatic carbocycles. The Morgan fingerprint density at radius 1 is 1.24 bits per heavy atom. The summed E-state index contributed by atoms with van der Waals surface area (Å²) in [5, 5.41) is 12.3. The Morgan fingerprint density at radius 2 is 1.95 bits per heavy atom. The lowest BCUT2D eigenvalue weighted by atomic mass is 9.98. The van der Waals surface area contributed by atoms with E-state index < -0.39 is 0 Å². The van der Waals surface area contributed by atoms with Crippen LogP contribution in [0.4, 0.5) is 5.69 Å². The molecule has 0 aliphatic rings. The van der Waals surface area contributed by atoms with Gasteiger partial charge in [0.15, 0.2) is 0 Å². The number of carbonyl (C=O) groups excluding carboxylic acids is 1. The SMILES string of the molecule is CC(CCNC(=O)c1cc(O)ccc1N)c1ccccc1. The lowest BCUT2D eigenvalue weighted by Gasteiger charge is -2.13. The number of rotatable bonds is 5. The summed E-state index contributed by atoms with van der Waals surface area (Å²) in [6, 6.07) is 14.5. The molecule has 1 unspecified atom stereocenters. The van der Waals surface area contributed by atoms with Gasteiger partial charge in [-0.2, -0.15) is 0 Å². The van der Waals surface area contributed by atoms with Crippen LogP contribution >= 0.6 is 0 Å². The molecule has 2 aromatic rings. The van der Waals surface area contributed by atoms with Gasteiger partial charge in [0.05, 0.1) is 5.56 Å². The zero-order valence-corrected chi connectivity index (χ0v) is 12.0. The van der Waals surface area contributed by atoms with Crippen molar-refractivity contribution in [3.63, 3.8) is 0 Å². The number of phenols is 1. The van der Waals surface area contributed by atoms with E-state index >= 15 is 0 Å². The molecule has 0 aromatic heterocycles. The lowest BCUT2D eigenvalue weighted by Crippen LogP contribution is -2.26. The molecular formula is C17H20N2O2. The third kappa shape index (κ3) is 3.99. The molecule has 0 saturated carbocycles. The molecule has 0 heterocycles. The minimum atomic E-state index is -0.260. The van der Waals surface area contributed by atoms with Crippen molar-refractivity contribution < 1.29 is 9.90 Å². The van der Waals surface area contributed by atoms with Crippen molar-refractivity contribution in [1.82, 2.24) is 5.32 Å². The first-order valence-electron chi connectivity index (χ1n) is 6.99. The molecule has 0 saturated heterocycles. The van der Waals surface area contributed by atoms with Crippen LogP contribution in [0, 0.1) is 0 Å². The Labute approximate surface area is 124 Å². The maximum absolute atomic E-state index is 12.0. The van der Waals surface area contributed by atoms with E-state index in [1.807, 2.05) is 18.2 Å². The van der Waals surface area contributed by atoms with Crippen molar-refractivity contribution in [2.24, 2.45) is 0 Å². The fraction of sp³-hybridized carbons (Fsp3) is 0.235. The van der Waals surface area contributed by atoms with Gasteiger partial charge in [-0.25, -0.2) is 0 Å². The molecule has 4 N–H and O–H groups in total. The van der Waals surface area contributed by atoms with Crippen molar-refractivity contribution in [3.8, 4) is 5.75 Å². The van der Waals surface area contributed by atoms with Gasteiger partial charge in [0.25, 0.3) is 5.91 Å². The standard InChI is InChI=1S/C17H20N2O2/c1-12(13-5-3-2-4-6-13)9-10-19-17(21)15-11-14(20)7-8-16(15)18/h2-8,11-12,20H,9-10,18H2,1H3,(H,19,21). The second-order valence-corrected chi connectivity index (χ2v) is 5.13. The van der Waals surface area contributed by atoms with Crippen LogP contribution in [-0.2, 0) is 0 Å². The van der Waals surface area contributed by atoms with Crippen molar-refractivity contribution in [2.45, 2.75) is 19.3 Å². The van der Waals surface area contributed by atoms with Gasteiger partial charge in [-0.1, -0.05) is 37.3 Å². The van der Waals surface area contributed by atoms with Crippen LogP contribution in [0.5, 0.6) is 5.75 Å². The Morgan fingerprint density at radius 3 is 2.67 bits per heavy atom. The summed E-state index contributed by atoms with van der Waals surface area (Å²) >= 11 is 0. The van der Waals surface area contributed by atoms with E-state index in [1.54, 1.807) is 0 Å². The predicted octanol–water partition coefficient (Wildman–Crippen LogP) is 2.90. The van der Waals surface area contributed by atoms with E-state index in [2.05, 4.69) is 24.4 Å². The maximum atomic E-state index is 12.0. The number of hydrogen-bond acceptors (Lipinski definition) is 3. The summed E-state index contributed by atoms with van der Waals surface area (Å²) in [4.78, 5) is 12.0. The number of phenolic OH excluding ortho intramolecular Hbond substituents is 1. The predicted molar refractivity (Wildman–Crippen MR) is 84.3 cm³/mol. The molecule has 1 amide bonds. The van der Waals surface area contributed by atoms with Crippen molar-refractivity contribution >= 4 is 11.6 Å². The van der Waals surface area contributed by atoms with Crippen LogP contribution < -0.4 is 11.1 Å². The highest BCUT2D eigenvalue weighted by molar-refractivity contribution is 5.99. The van der Waals surface area contributed by atoms with Crippen LogP contribution in [0.15, 0.2) is 48.5 Å². The minimum absolute atomic E-state index is 0.0343. The average Bonchev–Trinajstić information content (AvgIpc) is 2.50. The Kier molecular flexibility index (Phi) is 4.82. The van der Waals surface area contributed by atoms with E-state index in [9.17, 15) is 9.90 Å². The molecule has 2 aromatic carbocycles. The van der Waals surface area contributed by atoms with Crippen LogP contribution in [-0.4, -0.2) is 17.6 Å². The van der Waals surface area contributed by atoms with Gasteiger partial charge < -0.3 is 16.2 Å². The molecule has 110 valence electrons. The van der Waals surface area contributed by atoms with E-state index in [4.69, 9.17) is 5.73 Å². The Bertz CT molecular complexity index is 611. The quantitative estimate of drug-likeness (QED) is 0.583. The molecule has 0 radical (unpaired) electrons. The van der Waals surface area contributed by atoms with E-state index in [0.717, 1.165) is 6.42 Å². The largest absolute Gasteiger partial charge is 0.508 e. The summed E-state index contributed by atoms with van der Waals surface area (Å²) in [7, 11) is 0. The summed E-state index contributed by atoms with van der Waals surface area (Å²) in [5.74, 6) is 0.142. The van der Waals surface area contributed by atoms with Gasteiger partial charge in [0, 0.05) is 12.2 Å². The van der Waals surface area contributed by atoms with Crippen LogP contribution in [0.25, 0.3) is 0 Å². The van der Waals surface area contributed by atoms with E-state index in [1.165, 1.54) is 23.8 Å². The Balaban J connectivity index is 1.88. The van der Waals surface area contributed by atoms with Crippen molar-refractivity contribution in [1.29, 1.82) is 0 Å². The van der Waals surface area contributed by atoms with Gasteiger partial charge in [-0.3, -0.25) is 4.79 Å². The number of nitrogens with one attached hydrogen (secondary N) is 1. The molecule has 4 nitrogen and oxygen atoms in total. The monoisotopic (exact) mass is 284 g/mol. The molecule has 21 heavy (non-hydrogen) atoms. The van der Waals surface area contributed by atoms with Crippen LogP contribution in [0.2, 0.25) is 0 Å². The van der Waals surface area contributed by atoms with Crippen molar-refractivity contribution in [3.05, 3.63) is 59.7 Å². The van der Waals surface area contributed by atoms with Gasteiger partial charge >= 0.3 is 0 Å². The van der Waals surface area contributed by atoms with Gasteiger partial charge in [-0.05, 0) is 36.1 Å². The smallest absolute Gasteiger partial charge is 0.253 e. The van der Waals surface area contributed by atoms with Gasteiger partial charge in [-0.15, -0.1) is 0 Å². The molecule has 0 spiro atoms. The third-order valence-corrected chi connectivity index (χ3v) is 3.51. The fourth-order valence-corrected chi connectivity index (χ4v) is 2.19. The minimum Gasteiger partial charge on any atom is -0.508 e. The first kappa shape index (κ1) is 14.9. The molecular weight excluding hydrogens is 264 g/mol. The van der Waals surface area contributed by atoms with Crippen LogP contribution in [0.1, 0.15) is 35.2 Å². The number of hydrogen-bond donors (Lipinski definition) is 3. The first-order valence-corrected chi connectivity index (χ1v) is 6.99. The summed E-state index contributed by atoms with van der Waals surface area (Å²) in [5.41, 5.74) is 7.66. The van der Waals surface area contributed by atoms with Gasteiger partial charge in [0.2, 0.25) is 0 Å². The number of aromatic hydroxyl groups is 1. The van der Waals surface area contributed by atoms with E-state index in [-0.39, 0.29) is 11.7 Å². The highest BCUT2D eigenvalue weighted by Crippen LogP contribution is 2.19. The molecule has 1 atom stereocenters. The number of anilines is 1. The first-order chi connectivity index (χ1) is 10.1. The number of benzene rings is 2. The fourth-order valence-electron chi connectivity index (χ4n) is 2.19.